The van der Waals surface area contributed by atoms with E-state index in [-0.39, 0.29) is 55.1 Å². The van der Waals surface area contributed by atoms with E-state index in [9.17, 15) is 37.1 Å². The second-order valence-electron chi connectivity index (χ2n) is 17.2. The molecule has 5 aliphatic rings. The predicted molar refractivity (Wildman–Crippen MR) is 223 cm³/mol. The van der Waals surface area contributed by atoms with Gasteiger partial charge in [-0.2, -0.15) is 12.7 Å². The number of alkyl halides is 1. The number of carbonyl (C=O) groups is 4. The largest absolute Gasteiger partial charge is 0.387 e. The van der Waals surface area contributed by atoms with Gasteiger partial charge >= 0.3 is 10.2 Å². The number of halogens is 3. The van der Waals surface area contributed by atoms with Gasteiger partial charge in [-0.25, -0.2) is 18.2 Å². The van der Waals surface area contributed by atoms with Gasteiger partial charge < -0.3 is 19.9 Å². The Kier molecular flexibility index (Phi) is 9.92. The quantitative estimate of drug-likeness (QED) is 0.111. The van der Waals surface area contributed by atoms with Crippen LogP contribution < -0.4 is 14.9 Å². The first kappa shape index (κ1) is 40.9. The number of ketones is 1. The maximum absolute atomic E-state index is 15.7. The number of amides is 3. The average Bonchev–Trinajstić information content (AvgIpc) is 3.96. The van der Waals surface area contributed by atoms with Crippen LogP contribution in [0.1, 0.15) is 62.8 Å². The molecule has 3 amide bonds. The van der Waals surface area contributed by atoms with Gasteiger partial charge in [-0.1, -0.05) is 24.3 Å². The zero-order valence-corrected chi connectivity index (χ0v) is 34.4. The van der Waals surface area contributed by atoms with Gasteiger partial charge in [0.25, 0.3) is 5.91 Å². The first-order valence-electron chi connectivity index (χ1n) is 20.6. The number of pyridine rings is 1. The Morgan fingerprint density at radius 2 is 1.76 bits per heavy atom. The van der Waals surface area contributed by atoms with Gasteiger partial charge in [-0.05, 0) is 65.9 Å². The minimum absolute atomic E-state index is 0.00481. The number of H-pyrrole nitrogens is 1. The Bertz CT molecular complexity index is 2840. The summed E-state index contributed by atoms with van der Waals surface area (Å²) in [7, 11) is -4.36. The van der Waals surface area contributed by atoms with Crippen molar-refractivity contribution in [1.82, 2.24) is 29.4 Å². The molecule has 3 aromatic carbocycles. The second kappa shape index (κ2) is 15.3. The van der Waals surface area contributed by atoms with Crippen LogP contribution in [-0.2, 0) is 26.3 Å². The molecule has 4 N–H and O–H groups in total. The van der Waals surface area contributed by atoms with Crippen LogP contribution in [0.3, 0.4) is 0 Å². The van der Waals surface area contributed by atoms with Crippen molar-refractivity contribution in [2.45, 2.75) is 44.1 Å². The molecule has 4 fully saturated rings. The van der Waals surface area contributed by atoms with Crippen molar-refractivity contribution in [3.8, 4) is 11.1 Å². The molecule has 2 aromatic heterocycles. The van der Waals surface area contributed by atoms with E-state index in [1.54, 1.807) is 24.4 Å². The molecule has 7 heterocycles. The molecule has 1 unspecified atom stereocenters. The van der Waals surface area contributed by atoms with Crippen molar-refractivity contribution in [2.24, 2.45) is 5.41 Å². The number of nitrogens with one attached hydrogen (secondary N) is 3. The number of β-amino-alcohol motifs (C(OH)–C–C–N with tert-alkyl or cyclic N) is 1. The van der Waals surface area contributed by atoms with Crippen molar-refractivity contribution in [2.75, 3.05) is 55.4 Å². The van der Waals surface area contributed by atoms with Gasteiger partial charge in [0.2, 0.25) is 17.6 Å². The number of anilines is 2. The van der Waals surface area contributed by atoms with E-state index >= 15 is 8.78 Å². The van der Waals surface area contributed by atoms with E-state index in [4.69, 9.17) is 0 Å². The molecule has 0 radical (unpaired) electrons. The van der Waals surface area contributed by atoms with E-state index in [2.05, 4.69) is 25.1 Å². The fraction of sp³-hybridized carbons (Fsp3) is 0.341. The van der Waals surface area contributed by atoms with Crippen molar-refractivity contribution in [3.05, 3.63) is 113 Å². The zero-order chi connectivity index (χ0) is 43.9. The Morgan fingerprint density at radius 3 is 2.49 bits per heavy atom. The fourth-order valence-electron chi connectivity index (χ4n) is 9.63. The summed E-state index contributed by atoms with van der Waals surface area (Å²) in [4.78, 5) is 64.1. The summed E-state index contributed by atoms with van der Waals surface area (Å²) in [6.45, 7) is 3.50. The first-order valence-corrected chi connectivity index (χ1v) is 22.0. The number of aliphatic hydroxyl groups is 1. The highest BCUT2D eigenvalue weighted by Gasteiger charge is 2.52. The third-order valence-electron chi connectivity index (χ3n) is 12.9. The minimum Gasteiger partial charge on any atom is -0.387 e. The third kappa shape index (κ3) is 7.31. The molecule has 3 atom stereocenters. The Balaban J connectivity index is 0.756. The van der Waals surface area contributed by atoms with Crippen LogP contribution in [0.2, 0.25) is 0 Å². The van der Waals surface area contributed by atoms with Crippen LogP contribution in [0.25, 0.3) is 22.2 Å². The van der Waals surface area contributed by atoms with Crippen molar-refractivity contribution in [1.29, 1.82) is 0 Å². The third-order valence-corrected chi connectivity index (χ3v) is 14.4. The van der Waals surface area contributed by atoms with E-state index in [1.165, 1.54) is 11.1 Å². The topological polar surface area (TPSA) is 188 Å². The number of hydrogen-bond donors (Lipinski definition) is 4. The molecule has 326 valence electrons. The predicted octanol–water partition coefficient (Wildman–Crippen LogP) is 4.06. The van der Waals surface area contributed by atoms with Gasteiger partial charge in [-0.3, -0.25) is 34.1 Å². The number of fused-ring (bicyclic) bond motifs is 2. The molecule has 1 spiro atoms. The Hall–Kier alpha value is -6.15. The van der Waals surface area contributed by atoms with Crippen molar-refractivity contribution in [3.63, 3.8) is 0 Å². The Morgan fingerprint density at radius 1 is 0.984 bits per heavy atom. The van der Waals surface area contributed by atoms with Crippen LogP contribution in [-0.4, -0.2) is 119 Å². The van der Waals surface area contributed by atoms with Crippen molar-refractivity contribution >= 4 is 56.1 Å². The standard InChI is InChI=1S/C44H41F3N8O7S/c45-28-11-12-54(18-28)63(61,62)51-34-8-7-33(46)38(39(34)47)40(58)32-16-49-41-31(32)14-26(15-48-41)24-1-4-29(5-2-24)53-22-44(23-53)20-52(21-44)19-36(56)25-3-6-30-27(13-25)17-55(43(30)60)35-9-10-37(57)50-42(35)59/h1-8,13-16,28,35-36,51,56H,9-12,17-23H2,(H,48,49)(H,50,57,59)/t28-,35?,36-/m1/s1. The highest BCUT2D eigenvalue weighted by Crippen LogP contribution is 2.43. The SMILES string of the molecule is O=C1CCC(N2Cc3cc([C@H](O)CN4CC5(C4)CN(c4ccc(-c6cnc7[nH]cc(C(=O)c8c(F)ccc(NS(=O)(=O)N9CC[C@@H](F)C9)c8F)c7c6)cc4)C5)ccc3C2=O)C(=O)N1. The lowest BCUT2D eigenvalue weighted by atomic mass is 9.72. The van der Waals surface area contributed by atoms with E-state index in [0.717, 1.165) is 59.4 Å². The van der Waals surface area contributed by atoms with Crippen molar-refractivity contribution < 1.29 is 45.9 Å². The molecule has 0 bridgehead atoms. The summed E-state index contributed by atoms with van der Waals surface area (Å²) in [5.74, 6) is -4.66. The van der Waals surface area contributed by atoms with Crippen LogP contribution >= 0.6 is 0 Å². The molecule has 15 nitrogen and oxygen atoms in total. The number of imide groups is 1. The molecular formula is C44H41F3N8O7S. The number of aliphatic hydroxyl groups excluding tert-OH is 1. The molecule has 0 saturated carbocycles. The zero-order valence-electron chi connectivity index (χ0n) is 33.6. The maximum atomic E-state index is 15.7. The monoisotopic (exact) mass is 882 g/mol. The molecule has 0 aliphatic carbocycles. The number of aromatic nitrogens is 2. The summed E-state index contributed by atoms with van der Waals surface area (Å²) in [6, 6.07) is 15.8. The number of aromatic amines is 1. The van der Waals surface area contributed by atoms with Gasteiger partial charge in [0, 0.05) is 104 Å². The first-order chi connectivity index (χ1) is 30.1. The van der Waals surface area contributed by atoms with Gasteiger partial charge in [0.1, 0.15) is 23.7 Å². The average molecular weight is 883 g/mol. The molecule has 5 aliphatic heterocycles. The molecule has 19 heteroatoms. The number of rotatable bonds is 11. The van der Waals surface area contributed by atoms with Crippen LogP contribution in [0.4, 0.5) is 24.5 Å². The lowest BCUT2D eigenvalue weighted by Gasteiger charge is -2.61. The minimum atomic E-state index is -4.36. The summed E-state index contributed by atoms with van der Waals surface area (Å²) >= 11 is 0. The summed E-state index contributed by atoms with van der Waals surface area (Å²) in [5, 5.41) is 13.8. The number of carbonyl (C=O) groups excluding carboxylic acids is 4. The highest BCUT2D eigenvalue weighted by molar-refractivity contribution is 7.90. The summed E-state index contributed by atoms with van der Waals surface area (Å²) in [6.07, 6.45) is 1.26. The summed E-state index contributed by atoms with van der Waals surface area (Å²) in [5.41, 5.74) is 3.16. The van der Waals surface area contributed by atoms with Gasteiger partial charge in [0.05, 0.1) is 17.4 Å². The Labute approximate surface area is 359 Å². The molecule has 10 rings (SSSR count). The van der Waals surface area contributed by atoms with E-state index < -0.39 is 69.6 Å². The smallest absolute Gasteiger partial charge is 0.301 e. The van der Waals surface area contributed by atoms with Gasteiger partial charge in [-0.15, -0.1) is 0 Å². The van der Waals surface area contributed by atoms with E-state index in [0.29, 0.717) is 34.3 Å². The summed E-state index contributed by atoms with van der Waals surface area (Å²) < 4.78 is 73.0. The van der Waals surface area contributed by atoms with E-state index in [1.807, 2.05) is 35.1 Å². The normalized spacial score (nSPS) is 21.7. The molecule has 63 heavy (non-hydrogen) atoms. The van der Waals surface area contributed by atoms with Gasteiger partial charge in [0.15, 0.2) is 5.82 Å². The second-order valence-corrected chi connectivity index (χ2v) is 18.9. The molecular weight excluding hydrogens is 842 g/mol. The lowest BCUT2D eigenvalue weighted by Crippen LogP contribution is -2.72. The lowest BCUT2D eigenvalue weighted by molar-refractivity contribution is -0.136. The van der Waals surface area contributed by atoms with Crippen LogP contribution in [0.5, 0.6) is 0 Å². The number of nitrogens with zero attached hydrogens (tertiary/aromatic N) is 5. The number of benzene rings is 3. The molecule has 5 aromatic rings. The van der Waals surface area contributed by atoms with Crippen LogP contribution in [0.15, 0.2) is 73.1 Å². The van der Waals surface area contributed by atoms with Crippen LogP contribution in [0, 0.1) is 17.0 Å². The number of hydrogen-bond acceptors (Lipinski definition) is 10. The number of likely N-dealkylation sites (tertiary alicyclic amines) is 1. The number of piperidine rings is 1. The maximum Gasteiger partial charge on any atom is 0.301 e. The fourth-order valence-corrected chi connectivity index (χ4v) is 10.9. The molecule has 4 saturated heterocycles. The highest BCUT2D eigenvalue weighted by atomic mass is 32.2.